The molecule has 4 N–H and O–H groups in total. The summed E-state index contributed by atoms with van der Waals surface area (Å²) >= 11 is 0. The van der Waals surface area contributed by atoms with Gasteiger partial charge in [0, 0.05) is 18.8 Å². The number of carboxylic acids is 1. The van der Waals surface area contributed by atoms with Gasteiger partial charge in [-0.15, -0.1) is 0 Å². The van der Waals surface area contributed by atoms with Crippen LogP contribution < -0.4 is 0 Å². The number of unbranched alkanes of at least 4 members (excludes halogenated alkanes) is 3. The van der Waals surface area contributed by atoms with Crippen molar-refractivity contribution >= 4 is 5.97 Å². The highest BCUT2D eigenvalue weighted by molar-refractivity contribution is 5.66. The second-order valence-corrected chi connectivity index (χ2v) is 7.05. The van der Waals surface area contributed by atoms with E-state index in [1.807, 2.05) is 18.2 Å². The monoisotopic (exact) mass is 354 g/mol. The van der Waals surface area contributed by atoms with Crippen molar-refractivity contribution in [3.05, 3.63) is 24.3 Å². The maximum atomic E-state index is 10.5. The van der Waals surface area contributed by atoms with Gasteiger partial charge in [-0.05, 0) is 31.6 Å². The Morgan fingerprint density at radius 1 is 1.16 bits per heavy atom. The molecule has 0 spiro atoms. The van der Waals surface area contributed by atoms with Crippen molar-refractivity contribution in [2.75, 3.05) is 0 Å². The predicted molar refractivity (Wildman–Crippen MR) is 98.1 cm³/mol. The van der Waals surface area contributed by atoms with Crippen LogP contribution in [0.1, 0.15) is 64.7 Å². The van der Waals surface area contributed by atoms with Crippen LogP contribution in [0.3, 0.4) is 0 Å². The number of hydrogen-bond donors (Lipinski definition) is 4. The molecule has 1 aliphatic rings. The van der Waals surface area contributed by atoms with Gasteiger partial charge in [-0.1, -0.05) is 50.5 Å². The maximum absolute atomic E-state index is 10.5. The number of carbonyl (C=O) groups is 1. The smallest absolute Gasteiger partial charge is 0.303 e. The second-order valence-electron chi connectivity index (χ2n) is 7.05. The summed E-state index contributed by atoms with van der Waals surface area (Å²) < 4.78 is 0. The Balaban J connectivity index is 2.46. The zero-order valence-electron chi connectivity index (χ0n) is 15.3. The lowest BCUT2D eigenvalue weighted by molar-refractivity contribution is -0.137. The first-order valence-electron chi connectivity index (χ1n) is 9.55. The molecule has 0 bridgehead atoms. The van der Waals surface area contributed by atoms with Gasteiger partial charge in [0.25, 0.3) is 0 Å². The van der Waals surface area contributed by atoms with Crippen molar-refractivity contribution in [2.45, 2.75) is 83.0 Å². The number of carboxylic acid groups (broad SMARTS) is 1. The van der Waals surface area contributed by atoms with Crippen molar-refractivity contribution in [3.8, 4) is 0 Å². The first-order chi connectivity index (χ1) is 12.0. The average molecular weight is 354 g/mol. The van der Waals surface area contributed by atoms with E-state index in [9.17, 15) is 20.1 Å². The number of hydrogen-bond acceptors (Lipinski definition) is 4. The molecular formula is C20H34O5. The number of allylic oxidation sites excluding steroid dienone is 2. The van der Waals surface area contributed by atoms with Gasteiger partial charge < -0.3 is 20.4 Å². The standard InChI is InChI=1S/C20H34O5/c1-2-3-6-9-15(21)12-13-17-16(18(22)14-19(17)23)10-7-4-5-8-11-20(24)25/h4,7,12-13,15-19,21-23H,2-3,5-6,8-11,14H2,1H3,(H,24,25)/b7-4+,13-12+/t15-,16-,17+,18+,19-/m1/s1. The van der Waals surface area contributed by atoms with Crippen LogP contribution in [-0.2, 0) is 4.79 Å². The molecule has 1 rings (SSSR count). The summed E-state index contributed by atoms with van der Waals surface area (Å²) in [6, 6.07) is 0. The van der Waals surface area contributed by atoms with Crippen LogP contribution in [0.25, 0.3) is 0 Å². The van der Waals surface area contributed by atoms with Crippen molar-refractivity contribution < 1.29 is 25.2 Å². The van der Waals surface area contributed by atoms with E-state index in [4.69, 9.17) is 5.11 Å². The van der Waals surface area contributed by atoms with E-state index >= 15 is 0 Å². The summed E-state index contributed by atoms with van der Waals surface area (Å²) in [6.07, 6.45) is 12.3. The van der Waals surface area contributed by atoms with Crippen LogP contribution in [0, 0.1) is 11.8 Å². The molecule has 0 saturated heterocycles. The molecule has 0 heterocycles. The van der Waals surface area contributed by atoms with Gasteiger partial charge in [0.2, 0.25) is 0 Å². The minimum absolute atomic E-state index is 0.0650. The van der Waals surface area contributed by atoms with Crippen LogP contribution in [-0.4, -0.2) is 44.7 Å². The predicted octanol–water partition coefficient (Wildman–Crippen LogP) is 3.04. The Hall–Kier alpha value is -1.17. The zero-order chi connectivity index (χ0) is 18.7. The highest BCUT2D eigenvalue weighted by atomic mass is 16.4. The van der Waals surface area contributed by atoms with Gasteiger partial charge >= 0.3 is 5.97 Å². The summed E-state index contributed by atoms with van der Waals surface area (Å²) in [4.78, 5) is 10.5. The van der Waals surface area contributed by atoms with Crippen LogP contribution in [0.5, 0.6) is 0 Å². The lowest BCUT2D eigenvalue weighted by atomic mass is 9.89. The van der Waals surface area contributed by atoms with Crippen LogP contribution in [0.15, 0.2) is 24.3 Å². The van der Waals surface area contributed by atoms with E-state index in [-0.39, 0.29) is 18.3 Å². The van der Waals surface area contributed by atoms with E-state index in [1.54, 1.807) is 6.08 Å². The molecular weight excluding hydrogens is 320 g/mol. The molecule has 0 radical (unpaired) electrons. The topological polar surface area (TPSA) is 98.0 Å². The number of aliphatic hydroxyl groups excluding tert-OH is 3. The van der Waals surface area contributed by atoms with Crippen LogP contribution >= 0.6 is 0 Å². The molecule has 0 unspecified atom stereocenters. The molecule has 144 valence electrons. The SMILES string of the molecule is CCCCC[C@@H](O)/C=C/[C@H]1[C@@H](C/C=C/CCCC(=O)O)[C@@H](O)C[C@H]1O. The first kappa shape index (κ1) is 21.9. The summed E-state index contributed by atoms with van der Waals surface area (Å²) in [5.74, 6) is -1.00. The zero-order valence-corrected chi connectivity index (χ0v) is 15.3. The van der Waals surface area contributed by atoms with E-state index in [2.05, 4.69) is 6.92 Å². The molecule has 5 atom stereocenters. The van der Waals surface area contributed by atoms with Crippen molar-refractivity contribution in [2.24, 2.45) is 11.8 Å². The van der Waals surface area contributed by atoms with Gasteiger partial charge in [0.15, 0.2) is 0 Å². The van der Waals surface area contributed by atoms with Crippen molar-refractivity contribution in [1.82, 2.24) is 0 Å². The maximum Gasteiger partial charge on any atom is 0.303 e. The molecule has 1 aliphatic carbocycles. The molecule has 5 nitrogen and oxygen atoms in total. The minimum Gasteiger partial charge on any atom is -0.481 e. The van der Waals surface area contributed by atoms with Gasteiger partial charge in [0.05, 0.1) is 18.3 Å². The fourth-order valence-corrected chi connectivity index (χ4v) is 3.41. The molecule has 1 fully saturated rings. The lowest BCUT2D eigenvalue weighted by Gasteiger charge is -2.19. The molecule has 1 saturated carbocycles. The Morgan fingerprint density at radius 2 is 1.92 bits per heavy atom. The first-order valence-corrected chi connectivity index (χ1v) is 9.55. The number of rotatable bonds is 12. The van der Waals surface area contributed by atoms with E-state index in [1.165, 1.54) is 0 Å². The van der Waals surface area contributed by atoms with Gasteiger partial charge in [-0.25, -0.2) is 0 Å². The normalized spacial score (nSPS) is 28.2. The molecule has 0 aliphatic heterocycles. The molecule has 25 heavy (non-hydrogen) atoms. The Labute approximate surface area is 151 Å². The summed E-state index contributed by atoms with van der Waals surface area (Å²) in [6.45, 7) is 2.12. The fourth-order valence-electron chi connectivity index (χ4n) is 3.41. The third kappa shape index (κ3) is 8.66. The third-order valence-electron chi connectivity index (χ3n) is 4.91. The lowest BCUT2D eigenvalue weighted by Crippen LogP contribution is -2.20. The van der Waals surface area contributed by atoms with E-state index < -0.39 is 24.3 Å². The Kier molecular flexibility index (Phi) is 10.7. The fraction of sp³-hybridized carbons (Fsp3) is 0.750. The van der Waals surface area contributed by atoms with Gasteiger partial charge in [0.1, 0.15) is 0 Å². The highest BCUT2D eigenvalue weighted by Crippen LogP contribution is 2.36. The molecule has 0 amide bonds. The Morgan fingerprint density at radius 3 is 2.60 bits per heavy atom. The summed E-state index contributed by atoms with van der Waals surface area (Å²) in [5, 5.41) is 39.0. The van der Waals surface area contributed by atoms with Crippen LogP contribution in [0.4, 0.5) is 0 Å². The molecule has 5 heteroatoms. The summed E-state index contributed by atoms with van der Waals surface area (Å²) in [7, 11) is 0. The largest absolute Gasteiger partial charge is 0.481 e. The average Bonchev–Trinajstić information content (AvgIpc) is 2.82. The second kappa shape index (κ2) is 12.2. The van der Waals surface area contributed by atoms with Gasteiger partial charge in [-0.2, -0.15) is 0 Å². The molecule has 0 aromatic rings. The van der Waals surface area contributed by atoms with Crippen LogP contribution in [0.2, 0.25) is 0 Å². The Bertz CT molecular complexity index is 432. The number of aliphatic hydroxyl groups is 3. The molecule has 0 aromatic carbocycles. The van der Waals surface area contributed by atoms with Crippen molar-refractivity contribution in [1.29, 1.82) is 0 Å². The highest BCUT2D eigenvalue weighted by Gasteiger charge is 2.39. The van der Waals surface area contributed by atoms with Gasteiger partial charge in [-0.3, -0.25) is 4.79 Å². The van der Waals surface area contributed by atoms with E-state index in [0.29, 0.717) is 25.7 Å². The quantitative estimate of drug-likeness (QED) is 0.319. The number of aliphatic carboxylic acids is 1. The van der Waals surface area contributed by atoms with E-state index in [0.717, 1.165) is 25.7 Å². The minimum atomic E-state index is -0.787. The van der Waals surface area contributed by atoms with Crippen molar-refractivity contribution in [3.63, 3.8) is 0 Å². The third-order valence-corrected chi connectivity index (χ3v) is 4.91. The molecule has 0 aromatic heterocycles. The summed E-state index contributed by atoms with van der Waals surface area (Å²) in [5.41, 5.74) is 0.